The first kappa shape index (κ1) is 21.7. The van der Waals surface area contributed by atoms with Crippen molar-refractivity contribution >= 4 is 37.5 Å². The Bertz CT molecular complexity index is 1500. The van der Waals surface area contributed by atoms with Gasteiger partial charge in [0.15, 0.2) is 11.5 Å². The molecule has 2 aromatic heterocycles. The second-order valence-corrected chi connectivity index (χ2v) is 10.2. The Morgan fingerprint density at radius 3 is 2.73 bits per heavy atom. The van der Waals surface area contributed by atoms with Crippen molar-refractivity contribution in [1.82, 2.24) is 15.2 Å². The predicted molar refractivity (Wildman–Crippen MR) is 121 cm³/mol. The van der Waals surface area contributed by atoms with E-state index in [0.717, 1.165) is 41.4 Å². The van der Waals surface area contributed by atoms with Crippen LogP contribution in [0.2, 0.25) is 0 Å². The molecule has 1 saturated carbocycles. The van der Waals surface area contributed by atoms with Crippen molar-refractivity contribution in [3.8, 4) is 11.1 Å². The van der Waals surface area contributed by atoms with Crippen molar-refractivity contribution in [1.29, 1.82) is 0 Å². The van der Waals surface area contributed by atoms with Gasteiger partial charge in [-0.15, -0.1) is 0 Å². The van der Waals surface area contributed by atoms with Crippen molar-refractivity contribution in [2.45, 2.75) is 32.1 Å². The number of pyridine rings is 1. The van der Waals surface area contributed by atoms with Crippen LogP contribution in [-0.4, -0.2) is 36.0 Å². The zero-order chi connectivity index (χ0) is 23.3. The molecule has 33 heavy (non-hydrogen) atoms. The van der Waals surface area contributed by atoms with E-state index in [1.807, 2.05) is 6.07 Å². The highest BCUT2D eigenvalue weighted by atomic mass is 32.2. The highest BCUT2D eigenvalue weighted by Crippen LogP contribution is 2.44. The maximum absolute atomic E-state index is 15.4. The normalized spacial score (nSPS) is 14.3. The largest absolute Gasteiger partial charge is 0.281 e. The van der Waals surface area contributed by atoms with E-state index in [0.29, 0.717) is 28.1 Å². The number of sulfonamides is 1. The Labute approximate surface area is 188 Å². The molecule has 1 aliphatic rings. The van der Waals surface area contributed by atoms with Crippen LogP contribution in [0.4, 0.5) is 18.9 Å². The van der Waals surface area contributed by atoms with Gasteiger partial charge in [0.25, 0.3) is 0 Å². The third-order valence-electron chi connectivity index (χ3n) is 5.91. The Kier molecular flexibility index (Phi) is 5.27. The summed E-state index contributed by atoms with van der Waals surface area (Å²) in [6.45, 7) is 0.934. The summed E-state index contributed by atoms with van der Waals surface area (Å²) in [7, 11) is -3.97. The van der Waals surface area contributed by atoms with Crippen molar-refractivity contribution in [2.75, 3.05) is 17.1 Å². The molecule has 5 rings (SSSR count). The van der Waals surface area contributed by atoms with Crippen LogP contribution in [0, 0.1) is 18.6 Å². The Morgan fingerprint density at radius 2 is 2.00 bits per heavy atom. The van der Waals surface area contributed by atoms with Crippen LogP contribution in [0.3, 0.4) is 0 Å². The lowest BCUT2D eigenvalue weighted by molar-refractivity contribution is 0.484. The molecule has 1 aliphatic carbocycles. The fraction of sp³-hybridized carbons (Fsp3) is 0.304. The van der Waals surface area contributed by atoms with E-state index >= 15 is 4.39 Å². The zero-order valence-corrected chi connectivity index (χ0v) is 18.6. The van der Waals surface area contributed by atoms with Crippen molar-refractivity contribution in [3.05, 3.63) is 53.4 Å². The van der Waals surface area contributed by atoms with Gasteiger partial charge >= 0.3 is 0 Å². The molecule has 0 aliphatic heterocycles. The monoisotopic (exact) mass is 474 g/mol. The number of hydrogen-bond donors (Lipinski definition) is 2. The summed E-state index contributed by atoms with van der Waals surface area (Å²) in [5.41, 5.74) is 1.81. The highest BCUT2D eigenvalue weighted by Gasteiger charge is 2.29. The summed E-state index contributed by atoms with van der Waals surface area (Å²) in [5, 5.41) is 9.88. The minimum Gasteiger partial charge on any atom is -0.281 e. The highest BCUT2D eigenvalue weighted by molar-refractivity contribution is 7.92. The molecule has 0 unspecified atom stereocenters. The Morgan fingerprint density at radius 1 is 1.21 bits per heavy atom. The molecule has 0 bridgehead atoms. The van der Waals surface area contributed by atoms with E-state index < -0.39 is 34.1 Å². The summed E-state index contributed by atoms with van der Waals surface area (Å²) in [4.78, 5) is 4.42. The molecule has 0 atom stereocenters. The molecule has 2 heterocycles. The van der Waals surface area contributed by atoms with Gasteiger partial charge in [-0.3, -0.25) is 14.2 Å². The van der Waals surface area contributed by atoms with Crippen LogP contribution in [-0.2, 0) is 10.0 Å². The average Bonchev–Trinajstić information content (AvgIpc) is 3.53. The number of anilines is 1. The number of benzene rings is 2. The zero-order valence-electron chi connectivity index (χ0n) is 17.8. The molecular weight excluding hydrogens is 453 g/mol. The van der Waals surface area contributed by atoms with Gasteiger partial charge < -0.3 is 0 Å². The first-order chi connectivity index (χ1) is 15.8. The molecule has 0 amide bonds. The molecule has 172 valence electrons. The minimum atomic E-state index is -3.97. The first-order valence-electron chi connectivity index (χ1n) is 10.6. The number of aromatic amines is 1. The van der Waals surface area contributed by atoms with Gasteiger partial charge in [0, 0.05) is 17.5 Å². The molecule has 0 radical (unpaired) electrons. The molecule has 0 spiro atoms. The van der Waals surface area contributed by atoms with Gasteiger partial charge in [-0.1, -0.05) is 0 Å². The van der Waals surface area contributed by atoms with Gasteiger partial charge in [0.05, 0.1) is 34.8 Å². The number of aromatic nitrogens is 3. The summed E-state index contributed by atoms with van der Waals surface area (Å²) in [6.07, 6.45) is 3.54. The minimum absolute atomic E-state index is 0.215. The average molecular weight is 475 g/mol. The van der Waals surface area contributed by atoms with Crippen LogP contribution in [0.15, 0.2) is 30.5 Å². The number of halogens is 3. The fourth-order valence-corrected chi connectivity index (χ4v) is 5.23. The van der Waals surface area contributed by atoms with Crippen LogP contribution in [0.5, 0.6) is 0 Å². The second-order valence-electron chi connectivity index (χ2n) is 8.37. The fourth-order valence-electron chi connectivity index (χ4n) is 4.15. The maximum Gasteiger partial charge on any atom is 0.232 e. The topological polar surface area (TPSA) is 87.7 Å². The molecular formula is C23H21F3N4O2S. The summed E-state index contributed by atoms with van der Waals surface area (Å²) in [5.74, 6) is -1.96. The first-order valence-corrected chi connectivity index (χ1v) is 12.3. The van der Waals surface area contributed by atoms with Crippen molar-refractivity contribution in [2.24, 2.45) is 0 Å². The number of alkyl halides is 1. The standard InChI is InChI=1S/C23H21F3N4O2S/c1-12-9-16-14(11-27-23-20(16)22(28-29-23)13-3-4-13)10-15(12)19-17(25)5-6-18(21(19)26)30-33(31,32)8-2-7-24/h5-6,9-11,13,30H,2-4,7-8H2,1H3,(H,27,28,29). The third-order valence-corrected chi connectivity index (χ3v) is 7.27. The van der Waals surface area contributed by atoms with E-state index in [9.17, 15) is 17.2 Å². The maximum atomic E-state index is 15.4. The van der Waals surface area contributed by atoms with E-state index in [4.69, 9.17) is 0 Å². The summed E-state index contributed by atoms with van der Waals surface area (Å²) < 4.78 is 68.9. The SMILES string of the molecule is Cc1cc2c(cnc3[nH]nc(C4CC4)c32)cc1-c1c(F)ccc(NS(=O)(=O)CCCF)c1F. The number of nitrogens with zero attached hydrogens (tertiary/aromatic N) is 2. The molecule has 10 heteroatoms. The second kappa shape index (κ2) is 8.02. The van der Waals surface area contributed by atoms with Crippen LogP contribution in [0.25, 0.3) is 32.9 Å². The van der Waals surface area contributed by atoms with E-state index in [2.05, 4.69) is 19.9 Å². The van der Waals surface area contributed by atoms with Crippen molar-refractivity contribution < 1.29 is 21.6 Å². The van der Waals surface area contributed by atoms with Gasteiger partial charge in [0.2, 0.25) is 10.0 Å². The van der Waals surface area contributed by atoms with Gasteiger partial charge in [-0.05, 0) is 67.0 Å². The van der Waals surface area contributed by atoms with E-state index in [1.165, 1.54) is 0 Å². The van der Waals surface area contributed by atoms with Gasteiger partial charge in [-0.25, -0.2) is 22.2 Å². The lowest BCUT2D eigenvalue weighted by atomic mass is 9.94. The lowest BCUT2D eigenvalue weighted by Gasteiger charge is -2.15. The number of fused-ring (bicyclic) bond motifs is 3. The number of hydrogen-bond acceptors (Lipinski definition) is 4. The molecule has 6 nitrogen and oxygen atoms in total. The lowest BCUT2D eigenvalue weighted by Crippen LogP contribution is -2.18. The number of rotatable bonds is 7. The molecule has 0 saturated heterocycles. The smallest absolute Gasteiger partial charge is 0.232 e. The van der Waals surface area contributed by atoms with Gasteiger partial charge in [0.1, 0.15) is 5.82 Å². The predicted octanol–water partition coefficient (Wildman–Crippen LogP) is 5.34. The molecule has 1 fully saturated rings. The van der Waals surface area contributed by atoms with E-state index in [-0.39, 0.29) is 17.7 Å². The number of nitrogens with one attached hydrogen (secondary N) is 2. The summed E-state index contributed by atoms with van der Waals surface area (Å²) in [6, 6.07) is 5.55. The molecule has 2 N–H and O–H groups in total. The Hall–Kier alpha value is -3.14. The molecule has 2 aromatic carbocycles. The van der Waals surface area contributed by atoms with Crippen molar-refractivity contribution in [3.63, 3.8) is 0 Å². The molecule has 4 aromatic rings. The van der Waals surface area contributed by atoms with Crippen LogP contribution >= 0.6 is 0 Å². The summed E-state index contributed by atoms with van der Waals surface area (Å²) >= 11 is 0. The number of H-pyrrole nitrogens is 1. The quantitative estimate of drug-likeness (QED) is 0.378. The Balaban J connectivity index is 1.64. The van der Waals surface area contributed by atoms with E-state index in [1.54, 1.807) is 19.2 Å². The van der Waals surface area contributed by atoms with Crippen LogP contribution in [0.1, 0.15) is 36.4 Å². The number of aryl methyl sites for hydroxylation is 1. The third kappa shape index (κ3) is 3.92. The van der Waals surface area contributed by atoms with Crippen LogP contribution < -0.4 is 4.72 Å². The van der Waals surface area contributed by atoms with Gasteiger partial charge in [-0.2, -0.15) is 5.10 Å².